The zero-order valence-corrected chi connectivity index (χ0v) is 7.15. The molecule has 0 fully saturated rings. The Hall–Kier alpha value is -0.750. The monoisotopic (exact) mass is 189 g/mol. The topological polar surface area (TPSA) is 59.9 Å². The number of rotatable bonds is 3. The zero-order chi connectivity index (χ0) is 8.32. The summed E-state index contributed by atoms with van der Waals surface area (Å²) in [5.41, 5.74) is 0. The highest BCUT2D eigenvalue weighted by Gasteiger charge is 2.14. The molecule has 0 aliphatic rings. The maximum Gasteiger partial charge on any atom is 0.195 e. The SMILES string of the molecule is C=CCS(=O)(=O)c1[c]nns1. The fourth-order valence-electron chi connectivity index (χ4n) is 0.496. The lowest BCUT2D eigenvalue weighted by Gasteiger charge is -1.91. The molecular weight excluding hydrogens is 184 g/mol. The van der Waals surface area contributed by atoms with Crippen molar-refractivity contribution in [2.24, 2.45) is 0 Å². The Labute approximate surface area is 68.7 Å². The number of nitrogens with zero attached hydrogens (tertiary/aromatic N) is 2. The first-order valence-electron chi connectivity index (χ1n) is 2.70. The smallest absolute Gasteiger partial charge is 0.195 e. The van der Waals surface area contributed by atoms with Gasteiger partial charge in [-0.05, 0) is 0 Å². The molecule has 0 aromatic carbocycles. The van der Waals surface area contributed by atoms with Gasteiger partial charge in [0.25, 0.3) is 0 Å². The maximum absolute atomic E-state index is 11.1. The van der Waals surface area contributed by atoms with Crippen LogP contribution in [-0.2, 0) is 9.84 Å². The number of aromatic nitrogens is 2. The summed E-state index contributed by atoms with van der Waals surface area (Å²) in [6.45, 7) is 3.33. The van der Waals surface area contributed by atoms with Crippen molar-refractivity contribution in [3.8, 4) is 0 Å². The molecule has 0 spiro atoms. The van der Waals surface area contributed by atoms with Crippen molar-refractivity contribution in [2.75, 3.05) is 5.75 Å². The fraction of sp³-hybridized carbons (Fsp3) is 0.200. The van der Waals surface area contributed by atoms with E-state index in [4.69, 9.17) is 0 Å². The minimum absolute atomic E-state index is 0.0670. The molecule has 1 rings (SSSR count). The molecule has 0 saturated carbocycles. The molecule has 59 valence electrons. The van der Waals surface area contributed by atoms with Crippen LogP contribution in [0.15, 0.2) is 16.9 Å². The molecule has 0 amide bonds. The molecule has 1 radical (unpaired) electrons. The number of sulfone groups is 1. The van der Waals surface area contributed by atoms with Crippen LogP contribution < -0.4 is 0 Å². The molecule has 0 aliphatic carbocycles. The Kier molecular flexibility index (Phi) is 2.35. The van der Waals surface area contributed by atoms with Crippen molar-refractivity contribution in [1.82, 2.24) is 9.59 Å². The molecule has 11 heavy (non-hydrogen) atoms. The predicted molar refractivity (Wildman–Crippen MR) is 41.0 cm³/mol. The van der Waals surface area contributed by atoms with E-state index in [1.807, 2.05) is 0 Å². The van der Waals surface area contributed by atoms with Gasteiger partial charge in [-0.25, -0.2) is 8.42 Å². The van der Waals surface area contributed by atoms with Crippen LogP contribution in [0.2, 0.25) is 0 Å². The van der Waals surface area contributed by atoms with Gasteiger partial charge < -0.3 is 0 Å². The van der Waals surface area contributed by atoms with Gasteiger partial charge in [-0.3, -0.25) is 0 Å². The van der Waals surface area contributed by atoms with Gasteiger partial charge >= 0.3 is 0 Å². The van der Waals surface area contributed by atoms with E-state index in [-0.39, 0.29) is 9.96 Å². The maximum atomic E-state index is 11.1. The molecule has 1 aromatic rings. The van der Waals surface area contributed by atoms with Gasteiger partial charge in [0.15, 0.2) is 14.0 Å². The second kappa shape index (κ2) is 3.10. The van der Waals surface area contributed by atoms with E-state index in [0.717, 1.165) is 11.5 Å². The Morgan fingerprint density at radius 1 is 1.73 bits per heavy atom. The molecule has 0 unspecified atom stereocenters. The second-order valence-electron chi connectivity index (χ2n) is 1.74. The van der Waals surface area contributed by atoms with Gasteiger partial charge in [0.2, 0.25) is 0 Å². The molecule has 0 N–H and O–H groups in total. The van der Waals surface area contributed by atoms with Gasteiger partial charge in [0.05, 0.1) is 5.75 Å². The van der Waals surface area contributed by atoms with Crippen LogP contribution in [0, 0.1) is 6.20 Å². The zero-order valence-electron chi connectivity index (χ0n) is 5.52. The molecule has 6 heteroatoms. The summed E-state index contributed by atoms with van der Waals surface area (Å²) in [6.07, 6.45) is 3.61. The fourth-order valence-corrected chi connectivity index (χ4v) is 2.13. The largest absolute Gasteiger partial charge is 0.222 e. The lowest BCUT2D eigenvalue weighted by Crippen LogP contribution is -2.01. The van der Waals surface area contributed by atoms with E-state index in [1.165, 1.54) is 6.08 Å². The second-order valence-corrected chi connectivity index (χ2v) is 4.73. The van der Waals surface area contributed by atoms with Crippen molar-refractivity contribution < 1.29 is 8.42 Å². The average molecular weight is 189 g/mol. The number of hydrogen-bond acceptors (Lipinski definition) is 5. The summed E-state index contributed by atoms with van der Waals surface area (Å²) in [5, 5.41) is 3.30. The molecule has 0 atom stereocenters. The highest BCUT2D eigenvalue weighted by Crippen LogP contribution is 2.11. The van der Waals surface area contributed by atoms with Gasteiger partial charge in [-0.15, -0.1) is 11.7 Å². The quantitative estimate of drug-likeness (QED) is 0.641. The first-order chi connectivity index (χ1) is 5.17. The summed E-state index contributed by atoms with van der Waals surface area (Å²) in [7, 11) is -3.25. The van der Waals surface area contributed by atoms with Crippen LogP contribution in [0.1, 0.15) is 0 Å². The summed E-state index contributed by atoms with van der Waals surface area (Å²) in [5.74, 6) is -0.0899. The first-order valence-corrected chi connectivity index (χ1v) is 5.13. The van der Waals surface area contributed by atoms with Crippen molar-refractivity contribution in [3.05, 3.63) is 18.9 Å². The normalized spacial score (nSPS) is 11.3. The minimum Gasteiger partial charge on any atom is -0.222 e. The average Bonchev–Trinajstić information content (AvgIpc) is 2.37. The molecule has 0 bridgehead atoms. The highest BCUT2D eigenvalue weighted by atomic mass is 32.2. The first kappa shape index (κ1) is 8.35. The lowest BCUT2D eigenvalue weighted by molar-refractivity contribution is 0.600. The van der Waals surface area contributed by atoms with Crippen molar-refractivity contribution in [2.45, 2.75) is 4.21 Å². The van der Waals surface area contributed by atoms with E-state index < -0.39 is 9.84 Å². The van der Waals surface area contributed by atoms with Crippen molar-refractivity contribution in [3.63, 3.8) is 0 Å². The Balaban J connectivity index is 3.01. The minimum atomic E-state index is -3.25. The molecule has 1 aromatic heterocycles. The van der Waals surface area contributed by atoms with Gasteiger partial charge in [0, 0.05) is 11.5 Å². The van der Waals surface area contributed by atoms with Crippen LogP contribution in [0.3, 0.4) is 0 Å². The van der Waals surface area contributed by atoms with Crippen LogP contribution in [-0.4, -0.2) is 23.8 Å². The summed E-state index contributed by atoms with van der Waals surface area (Å²) in [6, 6.07) is 0. The predicted octanol–water partition coefficient (Wildman–Crippen LogP) is 0.298. The van der Waals surface area contributed by atoms with Crippen molar-refractivity contribution >= 4 is 21.4 Å². The van der Waals surface area contributed by atoms with E-state index in [9.17, 15) is 8.42 Å². The Morgan fingerprint density at radius 2 is 2.45 bits per heavy atom. The summed E-state index contributed by atoms with van der Waals surface area (Å²) >= 11 is 0.817. The highest BCUT2D eigenvalue weighted by molar-refractivity contribution is 7.93. The Bertz CT molecular complexity index is 327. The Morgan fingerprint density at radius 3 is 2.91 bits per heavy atom. The third-order valence-electron chi connectivity index (χ3n) is 0.926. The standard InChI is InChI=1S/C5H5N2O2S2/c1-2-3-11(8,9)5-4-6-7-10-5/h2H,1,3H2. The van der Waals surface area contributed by atoms with Crippen LogP contribution >= 0.6 is 11.5 Å². The summed E-state index contributed by atoms with van der Waals surface area (Å²) in [4.78, 5) is 0. The number of hydrogen-bond donors (Lipinski definition) is 0. The van der Waals surface area contributed by atoms with Gasteiger partial charge in [-0.1, -0.05) is 10.6 Å². The molecule has 0 aliphatic heterocycles. The van der Waals surface area contributed by atoms with E-state index in [1.54, 1.807) is 0 Å². The lowest BCUT2D eigenvalue weighted by atomic mass is 10.8. The van der Waals surface area contributed by atoms with Gasteiger partial charge in [-0.2, -0.15) is 0 Å². The molecule has 4 nitrogen and oxygen atoms in total. The molecule has 1 heterocycles. The van der Waals surface area contributed by atoms with Crippen molar-refractivity contribution in [1.29, 1.82) is 0 Å². The third kappa shape index (κ3) is 1.84. The van der Waals surface area contributed by atoms with E-state index >= 15 is 0 Å². The van der Waals surface area contributed by atoms with Crippen LogP contribution in [0.5, 0.6) is 0 Å². The molecule has 0 saturated heterocycles. The van der Waals surface area contributed by atoms with E-state index in [0.29, 0.717) is 0 Å². The summed E-state index contributed by atoms with van der Waals surface area (Å²) < 4.78 is 25.7. The van der Waals surface area contributed by atoms with Gasteiger partial charge in [0.1, 0.15) is 6.20 Å². The molecular formula is C5H5N2O2S2. The third-order valence-corrected chi connectivity index (χ3v) is 3.66. The van der Waals surface area contributed by atoms with Crippen LogP contribution in [0.25, 0.3) is 0 Å². The van der Waals surface area contributed by atoms with Crippen LogP contribution in [0.4, 0.5) is 0 Å². The van der Waals surface area contributed by atoms with E-state index in [2.05, 4.69) is 22.4 Å².